The summed E-state index contributed by atoms with van der Waals surface area (Å²) >= 11 is 0. The third-order valence-corrected chi connectivity index (χ3v) is 4.02. The molecule has 10 heavy (non-hydrogen) atoms. The van der Waals surface area contributed by atoms with Gasteiger partial charge < -0.3 is 0 Å². The zero-order chi connectivity index (χ0) is 7.40. The van der Waals surface area contributed by atoms with Crippen molar-refractivity contribution in [3.8, 4) is 0 Å². The Kier molecular flexibility index (Phi) is 3.34. The lowest BCUT2D eigenvalue weighted by atomic mass is 10.3. The molecular weight excluding hydrogens is 143 g/mol. The van der Waals surface area contributed by atoms with E-state index in [2.05, 4.69) is 6.92 Å². The van der Waals surface area contributed by atoms with E-state index >= 15 is 0 Å². The molecule has 0 aromatic carbocycles. The molecule has 1 aliphatic rings. The van der Waals surface area contributed by atoms with Crippen LogP contribution in [0.5, 0.6) is 0 Å². The Morgan fingerprint density at radius 1 is 1.40 bits per heavy atom. The van der Waals surface area contributed by atoms with Crippen LogP contribution >= 0.6 is 7.80 Å². The van der Waals surface area contributed by atoms with Gasteiger partial charge in [0, 0.05) is 0 Å². The van der Waals surface area contributed by atoms with Gasteiger partial charge in [0.15, 0.2) is 5.66 Å². The lowest BCUT2D eigenvalue weighted by Crippen LogP contribution is -1.82. The van der Waals surface area contributed by atoms with Crippen LogP contribution in [0.15, 0.2) is 0 Å². The molecule has 0 aliphatic heterocycles. The first-order valence-corrected chi connectivity index (χ1v) is 5.79. The van der Waals surface area contributed by atoms with Crippen LogP contribution in [-0.2, 0) is 4.57 Å². The molecule has 1 saturated carbocycles. The van der Waals surface area contributed by atoms with Crippen LogP contribution in [0.3, 0.4) is 0 Å². The average molecular weight is 159 g/mol. The molecule has 58 valence electrons. The summed E-state index contributed by atoms with van der Waals surface area (Å²) in [7, 11) is -0.790. The molecule has 0 heterocycles. The fourth-order valence-electron chi connectivity index (χ4n) is 1.06. The fraction of sp³-hybridized carbons (Fsp3) is 1.00. The van der Waals surface area contributed by atoms with E-state index < -0.39 is 7.80 Å². The molecule has 0 radical (unpaired) electrons. The van der Waals surface area contributed by atoms with Crippen LogP contribution in [0.2, 0.25) is 0 Å². The summed E-state index contributed by atoms with van der Waals surface area (Å²) in [4.78, 5) is 0. The van der Waals surface area contributed by atoms with Crippen molar-refractivity contribution in [1.82, 2.24) is 0 Å². The van der Waals surface area contributed by atoms with Gasteiger partial charge in [0.25, 0.3) is 0 Å². The Labute approximate surface area is 64.0 Å². The van der Waals surface area contributed by atoms with E-state index in [-0.39, 0.29) is 0 Å². The number of rotatable bonds is 5. The summed E-state index contributed by atoms with van der Waals surface area (Å²) in [5.74, 6) is 0. The van der Waals surface area contributed by atoms with Gasteiger partial charge in [-0.15, -0.1) is 0 Å². The average Bonchev–Trinajstić information content (AvgIpc) is 2.69. The summed E-state index contributed by atoms with van der Waals surface area (Å²) in [6, 6.07) is 0. The molecule has 0 aromatic rings. The standard InChI is InChI=1S/C8H16OP/c1-2-3-4-7-10(9)8-5-6-8/h8H,2-7H2,1H3/q+1. The molecule has 1 fully saturated rings. The van der Waals surface area contributed by atoms with Gasteiger partial charge in [-0.1, -0.05) is 17.9 Å². The summed E-state index contributed by atoms with van der Waals surface area (Å²) in [5, 5.41) is 0. The SMILES string of the molecule is CCCCC[P+](=O)C1CC1. The summed E-state index contributed by atoms with van der Waals surface area (Å²) in [5.41, 5.74) is 0.631. The van der Waals surface area contributed by atoms with Gasteiger partial charge in [0.05, 0.1) is 0 Å². The zero-order valence-electron chi connectivity index (χ0n) is 6.68. The highest BCUT2D eigenvalue weighted by Gasteiger charge is 2.39. The van der Waals surface area contributed by atoms with Crippen molar-refractivity contribution in [3.63, 3.8) is 0 Å². The van der Waals surface area contributed by atoms with Crippen molar-refractivity contribution < 1.29 is 4.57 Å². The first kappa shape index (κ1) is 8.20. The minimum Gasteiger partial charge on any atom is -0.0745 e. The van der Waals surface area contributed by atoms with Crippen molar-refractivity contribution in [3.05, 3.63) is 0 Å². The predicted molar refractivity (Wildman–Crippen MR) is 45.0 cm³/mol. The summed E-state index contributed by atoms with van der Waals surface area (Å²) < 4.78 is 11.2. The Bertz CT molecular complexity index is 118. The quantitative estimate of drug-likeness (QED) is 0.444. The largest absolute Gasteiger partial charge is 0.341 e. The van der Waals surface area contributed by atoms with E-state index in [0.717, 1.165) is 6.16 Å². The maximum atomic E-state index is 11.2. The molecule has 1 rings (SSSR count). The van der Waals surface area contributed by atoms with Gasteiger partial charge in [0.1, 0.15) is 6.16 Å². The highest BCUT2D eigenvalue weighted by atomic mass is 31.1. The Morgan fingerprint density at radius 2 is 2.10 bits per heavy atom. The van der Waals surface area contributed by atoms with Crippen molar-refractivity contribution in [2.75, 3.05) is 6.16 Å². The third kappa shape index (κ3) is 2.79. The lowest BCUT2D eigenvalue weighted by molar-refractivity contribution is 0.584. The normalized spacial score (nSPS) is 19.1. The van der Waals surface area contributed by atoms with Crippen molar-refractivity contribution in [2.45, 2.75) is 44.7 Å². The van der Waals surface area contributed by atoms with Crippen LogP contribution in [0, 0.1) is 0 Å². The zero-order valence-corrected chi connectivity index (χ0v) is 7.57. The molecule has 0 N–H and O–H groups in total. The number of hydrogen-bond donors (Lipinski definition) is 0. The van der Waals surface area contributed by atoms with Crippen LogP contribution < -0.4 is 0 Å². The molecule has 1 nitrogen and oxygen atoms in total. The molecule has 0 saturated heterocycles. The highest BCUT2D eigenvalue weighted by Crippen LogP contribution is 2.45. The summed E-state index contributed by atoms with van der Waals surface area (Å²) in [6.45, 7) is 2.18. The van der Waals surface area contributed by atoms with E-state index in [1.807, 2.05) is 0 Å². The van der Waals surface area contributed by atoms with Gasteiger partial charge in [0.2, 0.25) is 0 Å². The van der Waals surface area contributed by atoms with Gasteiger partial charge in [-0.2, -0.15) is 0 Å². The second-order valence-electron chi connectivity index (χ2n) is 3.08. The molecule has 0 spiro atoms. The van der Waals surface area contributed by atoms with Gasteiger partial charge >= 0.3 is 7.80 Å². The van der Waals surface area contributed by atoms with Gasteiger partial charge in [-0.05, 0) is 25.7 Å². The highest BCUT2D eigenvalue weighted by molar-refractivity contribution is 7.45. The molecule has 1 aliphatic carbocycles. The van der Waals surface area contributed by atoms with Crippen LogP contribution in [0.1, 0.15) is 39.0 Å². The Hall–Kier alpha value is 0.100. The minimum atomic E-state index is -0.790. The summed E-state index contributed by atoms with van der Waals surface area (Å²) in [6.07, 6.45) is 7.15. The molecule has 2 heteroatoms. The topological polar surface area (TPSA) is 17.1 Å². The van der Waals surface area contributed by atoms with Crippen LogP contribution in [0.4, 0.5) is 0 Å². The van der Waals surface area contributed by atoms with E-state index in [9.17, 15) is 4.57 Å². The molecule has 1 atom stereocenters. The third-order valence-electron chi connectivity index (χ3n) is 1.94. The first-order chi connectivity index (χ1) is 4.84. The lowest BCUT2D eigenvalue weighted by Gasteiger charge is -1.86. The monoisotopic (exact) mass is 159 g/mol. The Morgan fingerprint density at radius 3 is 2.60 bits per heavy atom. The van der Waals surface area contributed by atoms with Gasteiger partial charge in [-0.25, -0.2) is 0 Å². The minimum absolute atomic E-state index is 0.631. The van der Waals surface area contributed by atoms with Crippen molar-refractivity contribution in [2.24, 2.45) is 0 Å². The fourth-order valence-corrected chi connectivity index (χ4v) is 2.69. The second kappa shape index (κ2) is 4.08. The van der Waals surface area contributed by atoms with Crippen LogP contribution in [0.25, 0.3) is 0 Å². The van der Waals surface area contributed by atoms with E-state index in [0.29, 0.717) is 5.66 Å². The molecule has 0 bridgehead atoms. The molecule has 0 aromatic heterocycles. The maximum Gasteiger partial charge on any atom is 0.341 e. The van der Waals surface area contributed by atoms with E-state index in [1.54, 1.807) is 0 Å². The number of unbranched alkanes of at least 4 members (excludes halogenated alkanes) is 2. The predicted octanol–water partition coefficient (Wildman–Crippen LogP) is 3.17. The second-order valence-corrected chi connectivity index (χ2v) is 5.09. The van der Waals surface area contributed by atoms with Crippen molar-refractivity contribution >= 4 is 7.80 Å². The van der Waals surface area contributed by atoms with Crippen LogP contribution in [-0.4, -0.2) is 11.8 Å². The number of hydrogen-bond acceptors (Lipinski definition) is 1. The smallest absolute Gasteiger partial charge is 0.0745 e. The molecule has 1 unspecified atom stereocenters. The van der Waals surface area contributed by atoms with Gasteiger partial charge in [-0.3, -0.25) is 0 Å². The molecule has 0 amide bonds. The van der Waals surface area contributed by atoms with E-state index in [4.69, 9.17) is 0 Å². The van der Waals surface area contributed by atoms with Crippen molar-refractivity contribution in [1.29, 1.82) is 0 Å². The maximum absolute atomic E-state index is 11.2. The Balaban J connectivity index is 1.95. The molecular formula is C8H16OP+. The first-order valence-electron chi connectivity index (χ1n) is 4.28. The van der Waals surface area contributed by atoms with E-state index in [1.165, 1.54) is 32.1 Å².